The Hall–Kier alpha value is -2.38. The van der Waals surface area contributed by atoms with Crippen molar-refractivity contribution in [3.8, 4) is 0 Å². The highest BCUT2D eigenvalue weighted by Gasteiger charge is 2.28. The molecule has 1 aromatic carbocycles. The van der Waals surface area contributed by atoms with Crippen LogP contribution in [-0.2, 0) is 37.6 Å². The van der Waals surface area contributed by atoms with Gasteiger partial charge in [0.2, 0.25) is 5.91 Å². The van der Waals surface area contributed by atoms with E-state index in [1.54, 1.807) is 11.7 Å². The van der Waals surface area contributed by atoms with Crippen LogP contribution >= 0.6 is 0 Å². The van der Waals surface area contributed by atoms with Gasteiger partial charge in [0.1, 0.15) is 0 Å². The number of amides is 1. The Balaban J connectivity index is 1.72. The molecule has 164 valence electrons. The second-order valence-corrected chi connectivity index (χ2v) is 8.00. The molecule has 0 radical (unpaired) electrons. The molecule has 0 saturated heterocycles. The average Bonchev–Trinajstić information content (AvgIpc) is 3.22. The van der Waals surface area contributed by atoms with Crippen molar-refractivity contribution < 1.29 is 22.4 Å². The van der Waals surface area contributed by atoms with Crippen molar-refractivity contribution in [1.82, 2.24) is 15.1 Å². The van der Waals surface area contributed by atoms with E-state index in [1.165, 1.54) is 0 Å². The quantitative estimate of drug-likeness (QED) is 0.381. The van der Waals surface area contributed by atoms with Crippen LogP contribution in [0.15, 0.2) is 0 Å². The predicted octanol–water partition coefficient (Wildman–Crippen LogP) is 4.62. The Kier molecular flexibility index (Phi) is 6.83. The van der Waals surface area contributed by atoms with Crippen LogP contribution in [0.2, 0.25) is 0 Å². The molecule has 3 rings (SSSR count). The van der Waals surface area contributed by atoms with Crippen LogP contribution in [0.25, 0.3) is 0 Å². The Morgan fingerprint density at radius 2 is 1.73 bits per heavy atom. The zero-order chi connectivity index (χ0) is 22.0. The number of hydrogen-bond donors (Lipinski definition) is 1. The van der Waals surface area contributed by atoms with E-state index < -0.39 is 46.8 Å². The van der Waals surface area contributed by atoms with E-state index in [2.05, 4.69) is 17.3 Å². The fraction of sp³-hybridized carbons (Fsp3) is 0.545. The normalized spacial score (nSPS) is 15.5. The number of carbonyl (C=O) groups excluding carboxylic acids is 1. The molecule has 0 fully saturated rings. The number of rotatable bonds is 8. The summed E-state index contributed by atoms with van der Waals surface area (Å²) in [4.78, 5) is 12.4. The molecule has 0 spiro atoms. The van der Waals surface area contributed by atoms with Crippen molar-refractivity contribution in [2.24, 2.45) is 7.05 Å². The molecule has 1 aromatic heterocycles. The van der Waals surface area contributed by atoms with Crippen molar-refractivity contribution in [1.29, 1.82) is 0 Å². The SMILES string of the molecule is CCCCCc1c(F)c(F)c(CNC(=O)Cc2c3c(nn2C)C(C)CC3)c(F)c1F. The number of nitrogens with zero attached hydrogens (tertiary/aromatic N) is 2. The summed E-state index contributed by atoms with van der Waals surface area (Å²) in [6, 6.07) is 0. The van der Waals surface area contributed by atoms with Gasteiger partial charge in [-0.1, -0.05) is 26.7 Å². The minimum absolute atomic E-state index is 0.0190. The molecule has 8 heteroatoms. The number of benzene rings is 1. The third-order valence-corrected chi connectivity index (χ3v) is 5.87. The van der Waals surface area contributed by atoms with Crippen LogP contribution in [0.5, 0.6) is 0 Å². The Bertz CT molecular complexity index is 926. The van der Waals surface area contributed by atoms with Crippen molar-refractivity contribution in [2.45, 2.75) is 71.3 Å². The summed E-state index contributed by atoms with van der Waals surface area (Å²) >= 11 is 0. The van der Waals surface area contributed by atoms with Gasteiger partial charge in [-0.25, -0.2) is 17.6 Å². The minimum atomic E-state index is -1.45. The van der Waals surface area contributed by atoms with E-state index >= 15 is 0 Å². The number of carbonyl (C=O) groups is 1. The molecule has 1 heterocycles. The standard InChI is InChI=1S/C22H27F4N3O/c1-4-5-6-7-14-18(23)20(25)15(21(26)19(14)24)11-27-17(30)10-16-13-9-8-12(2)22(13)28-29(16)3/h12H,4-11H2,1-3H3,(H,27,30). The monoisotopic (exact) mass is 425 g/mol. The van der Waals surface area contributed by atoms with Crippen LogP contribution in [0.3, 0.4) is 0 Å². The lowest BCUT2D eigenvalue weighted by Gasteiger charge is -2.13. The lowest BCUT2D eigenvalue weighted by molar-refractivity contribution is -0.120. The van der Waals surface area contributed by atoms with Crippen LogP contribution in [0.1, 0.15) is 73.5 Å². The molecule has 0 bridgehead atoms. The molecular weight excluding hydrogens is 398 g/mol. The summed E-state index contributed by atoms with van der Waals surface area (Å²) in [5, 5.41) is 6.83. The number of unbranched alkanes of at least 4 members (excludes halogenated alkanes) is 2. The average molecular weight is 425 g/mol. The van der Waals surface area contributed by atoms with Gasteiger partial charge in [-0.2, -0.15) is 5.10 Å². The molecule has 1 aliphatic rings. The topological polar surface area (TPSA) is 46.9 Å². The lowest BCUT2D eigenvalue weighted by atomic mass is 10.0. The van der Waals surface area contributed by atoms with E-state index in [1.807, 2.05) is 6.92 Å². The highest BCUT2D eigenvalue weighted by atomic mass is 19.2. The van der Waals surface area contributed by atoms with Gasteiger partial charge in [0.05, 0.1) is 17.8 Å². The Morgan fingerprint density at radius 1 is 1.10 bits per heavy atom. The van der Waals surface area contributed by atoms with Crippen molar-refractivity contribution in [2.75, 3.05) is 0 Å². The summed E-state index contributed by atoms with van der Waals surface area (Å²) < 4.78 is 59.0. The Morgan fingerprint density at radius 3 is 2.37 bits per heavy atom. The number of aryl methyl sites for hydroxylation is 1. The third kappa shape index (κ3) is 4.23. The first kappa shape index (κ1) is 22.3. The maximum Gasteiger partial charge on any atom is 0.226 e. The van der Waals surface area contributed by atoms with Crippen molar-refractivity contribution >= 4 is 5.91 Å². The van der Waals surface area contributed by atoms with Crippen molar-refractivity contribution in [3.05, 3.63) is 51.3 Å². The van der Waals surface area contributed by atoms with Crippen LogP contribution in [0.4, 0.5) is 17.6 Å². The van der Waals surface area contributed by atoms with Gasteiger partial charge in [-0.05, 0) is 31.2 Å². The van der Waals surface area contributed by atoms with E-state index in [9.17, 15) is 22.4 Å². The third-order valence-electron chi connectivity index (χ3n) is 5.87. The van der Waals surface area contributed by atoms with Gasteiger partial charge in [0, 0.05) is 30.6 Å². The highest BCUT2D eigenvalue weighted by Crippen LogP contribution is 2.34. The van der Waals surface area contributed by atoms with Gasteiger partial charge in [-0.3, -0.25) is 9.48 Å². The number of halogens is 4. The van der Waals surface area contributed by atoms with E-state index in [4.69, 9.17) is 0 Å². The van der Waals surface area contributed by atoms with Gasteiger partial charge in [0.25, 0.3) is 0 Å². The number of fused-ring (bicyclic) bond motifs is 1. The van der Waals surface area contributed by atoms with Gasteiger partial charge in [-0.15, -0.1) is 0 Å². The van der Waals surface area contributed by atoms with Gasteiger partial charge >= 0.3 is 0 Å². The molecule has 0 saturated carbocycles. The number of nitrogens with one attached hydrogen (secondary N) is 1. The summed E-state index contributed by atoms with van der Waals surface area (Å²) in [5.41, 5.74) is 1.37. The van der Waals surface area contributed by atoms with Crippen LogP contribution in [-0.4, -0.2) is 15.7 Å². The first-order chi connectivity index (χ1) is 14.3. The van der Waals surface area contributed by atoms with Gasteiger partial charge < -0.3 is 5.32 Å². The number of aromatic nitrogens is 2. The van der Waals surface area contributed by atoms with E-state index in [-0.39, 0.29) is 12.8 Å². The molecule has 1 unspecified atom stereocenters. The lowest BCUT2D eigenvalue weighted by Crippen LogP contribution is -2.27. The molecule has 2 aromatic rings. The maximum atomic E-state index is 14.4. The van der Waals surface area contributed by atoms with Crippen molar-refractivity contribution in [3.63, 3.8) is 0 Å². The van der Waals surface area contributed by atoms with Crippen LogP contribution in [0, 0.1) is 23.3 Å². The maximum absolute atomic E-state index is 14.4. The number of hydrogen-bond acceptors (Lipinski definition) is 2. The molecule has 0 aliphatic heterocycles. The second kappa shape index (κ2) is 9.18. The summed E-state index contributed by atoms with van der Waals surface area (Å²) in [6.07, 6.45) is 3.66. The fourth-order valence-electron chi connectivity index (χ4n) is 4.06. The smallest absolute Gasteiger partial charge is 0.226 e. The molecule has 4 nitrogen and oxygen atoms in total. The first-order valence-electron chi connectivity index (χ1n) is 10.4. The highest BCUT2D eigenvalue weighted by molar-refractivity contribution is 5.78. The largest absolute Gasteiger partial charge is 0.351 e. The van der Waals surface area contributed by atoms with Gasteiger partial charge in [0.15, 0.2) is 23.3 Å². The zero-order valence-electron chi connectivity index (χ0n) is 17.5. The summed E-state index contributed by atoms with van der Waals surface area (Å²) in [7, 11) is 1.75. The summed E-state index contributed by atoms with van der Waals surface area (Å²) in [6.45, 7) is 3.36. The Labute approximate surface area is 173 Å². The predicted molar refractivity (Wildman–Crippen MR) is 105 cm³/mol. The molecule has 1 N–H and O–H groups in total. The second-order valence-electron chi connectivity index (χ2n) is 8.00. The molecular formula is C22H27F4N3O. The molecule has 1 aliphatic carbocycles. The summed E-state index contributed by atoms with van der Waals surface area (Å²) in [5.74, 6) is -5.83. The van der Waals surface area contributed by atoms with E-state index in [0.717, 1.165) is 36.2 Å². The van der Waals surface area contributed by atoms with E-state index in [0.29, 0.717) is 18.8 Å². The fourth-order valence-corrected chi connectivity index (χ4v) is 4.06. The zero-order valence-corrected chi connectivity index (χ0v) is 17.5. The molecule has 30 heavy (non-hydrogen) atoms. The minimum Gasteiger partial charge on any atom is -0.351 e. The molecule has 1 atom stereocenters. The molecule has 1 amide bonds. The van der Waals surface area contributed by atoms with Crippen LogP contribution < -0.4 is 5.32 Å². The first-order valence-corrected chi connectivity index (χ1v) is 10.4.